The standard InChI is InChI=1S/C14H21N3O4/c1-14(2,16-13(18)10-15-8-9-21-3)11-4-6-12(7-5-11)17(19)20/h4-7,15H,8-10H2,1-3H3,(H,16,18). The minimum Gasteiger partial charge on any atom is -0.383 e. The molecule has 0 aliphatic carbocycles. The number of nitrogens with one attached hydrogen (secondary N) is 2. The number of ether oxygens (including phenoxy) is 1. The lowest BCUT2D eigenvalue weighted by Crippen LogP contribution is -2.45. The zero-order chi connectivity index (χ0) is 15.9. The van der Waals surface area contributed by atoms with Gasteiger partial charge in [0.2, 0.25) is 5.91 Å². The second-order valence-corrected chi connectivity index (χ2v) is 5.15. The second-order valence-electron chi connectivity index (χ2n) is 5.15. The fourth-order valence-electron chi connectivity index (χ4n) is 1.84. The maximum absolute atomic E-state index is 11.8. The van der Waals surface area contributed by atoms with Crippen molar-refractivity contribution in [3.8, 4) is 0 Å². The zero-order valence-electron chi connectivity index (χ0n) is 12.5. The molecule has 1 rings (SSSR count). The molecule has 116 valence electrons. The minimum absolute atomic E-state index is 0.0297. The molecule has 0 saturated carbocycles. The Balaban J connectivity index is 2.59. The molecule has 1 aromatic rings. The van der Waals surface area contributed by atoms with Gasteiger partial charge in [0.05, 0.1) is 23.6 Å². The van der Waals surface area contributed by atoms with Gasteiger partial charge in [0.1, 0.15) is 0 Å². The number of benzene rings is 1. The van der Waals surface area contributed by atoms with Crippen molar-refractivity contribution in [2.24, 2.45) is 0 Å². The largest absolute Gasteiger partial charge is 0.383 e. The number of nitro benzene ring substituents is 1. The molecule has 0 aliphatic rings. The Morgan fingerprint density at radius 2 is 1.95 bits per heavy atom. The van der Waals surface area contributed by atoms with Gasteiger partial charge in [-0.05, 0) is 31.5 Å². The summed E-state index contributed by atoms with van der Waals surface area (Å²) < 4.78 is 4.88. The Morgan fingerprint density at radius 1 is 1.33 bits per heavy atom. The van der Waals surface area contributed by atoms with Gasteiger partial charge in [-0.3, -0.25) is 14.9 Å². The predicted molar refractivity (Wildman–Crippen MR) is 79.0 cm³/mol. The maximum atomic E-state index is 11.8. The number of nitro groups is 1. The van der Waals surface area contributed by atoms with E-state index < -0.39 is 10.5 Å². The summed E-state index contributed by atoms with van der Waals surface area (Å²) in [5.74, 6) is -0.144. The highest BCUT2D eigenvalue weighted by atomic mass is 16.6. The number of rotatable bonds is 8. The lowest BCUT2D eigenvalue weighted by atomic mass is 9.94. The first-order valence-electron chi connectivity index (χ1n) is 6.62. The van der Waals surface area contributed by atoms with Crippen molar-refractivity contribution in [1.82, 2.24) is 10.6 Å². The Hall–Kier alpha value is -1.99. The van der Waals surface area contributed by atoms with Crippen molar-refractivity contribution in [3.05, 3.63) is 39.9 Å². The van der Waals surface area contributed by atoms with E-state index in [1.54, 1.807) is 19.2 Å². The van der Waals surface area contributed by atoms with Crippen LogP contribution in [0.1, 0.15) is 19.4 Å². The molecule has 1 aromatic carbocycles. The fraction of sp³-hybridized carbons (Fsp3) is 0.500. The van der Waals surface area contributed by atoms with Crippen molar-refractivity contribution >= 4 is 11.6 Å². The molecule has 0 unspecified atom stereocenters. The molecule has 0 atom stereocenters. The summed E-state index contributed by atoms with van der Waals surface area (Å²) in [6.45, 7) is 5.03. The molecular weight excluding hydrogens is 274 g/mol. The number of amides is 1. The van der Waals surface area contributed by atoms with E-state index in [4.69, 9.17) is 4.74 Å². The normalized spacial score (nSPS) is 11.2. The van der Waals surface area contributed by atoms with Crippen molar-refractivity contribution in [1.29, 1.82) is 0 Å². The molecule has 21 heavy (non-hydrogen) atoms. The molecule has 0 aromatic heterocycles. The fourth-order valence-corrected chi connectivity index (χ4v) is 1.84. The number of hydrogen-bond acceptors (Lipinski definition) is 5. The van der Waals surface area contributed by atoms with Crippen LogP contribution in [0.25, 0.3) is 0 Å². The number of methoxy groups -OCH3 is 1. The summed E-state index contributed by atoms with van der Waals surface area (Å²) in [5.41, 5.74) is 0.232. The number of carbonyl (C=O) groups excluding carboxylic acids is 1. The summed E-state index contributed by atoms with van der Waals surface area (Å²) in [4.78, 5) is 22.0. The first kappa shape index (κ1) is 17.1. The molecule has 0 aliphatic heterocycles. The van der Waals surface area contributed by atoms with Crippen LogP contribution in [-0.2, 0) is 15.1 Å². The number of non-ortho nitro benzene ring substituents is 1. The Kier molecular flexibility index (Phi) is 6.26. The van der Waals surface area contributed by atoms with E-state index in [1.807, 2.05) is 13.8 Å². The highest BCUT2D eigenvalue weighted by Crippen LogP contribution is 2.22. The smallest absolute Gasteiger partial charge is 0.269 e. The molecule has 0 fully saturated rings. The molecule has 1 amide bonds. The van der Waals surface area contributed by atoms with Crippen LogP contribution >= 0.6 is 0 Å². The van der Waals surface area contributed by atoms with E-state index in [1.165, 1.54) is 12.1 Å². The molecule has 0 heterocycles. The van der Waals surface area contributed by atoms with Gasteiger partial charge >= 0.3 is 0 Å². The van der Waals surface area contributed by atoms with E-state index in [9.17, 15) is 14.9 Å². The van der Waals surface area contributed by atoms with Crippen molar-refractivity contribution in [2.45, 2.75) is 19.4 Å². The van der Waals surface area contributed by atoms with Gasteiger partial charge in [-0.2, -0.15) is 0 Å². The van der Waals surface area contributed by atoms with Crippen molar-refractivity contribution < 1.29 is 14.5 Å². The van der Waals surface area contributed by atoms with Crippen LogP contribution in [0.4, 0.5) is 5.69 Å². The first-order chi connectivity index (χ1) is 9.86. The van der Waals surface area contributed by atoms with Gasteiger partial charge in [0.15, 0.2) is 0 Å². The Labute approximate surface area is 123 Å². The van der Waals surface area contributed by atoms with Gasteiger partial charge in [0, 0.05) is 25.8 Å². The average Bonchev–Trinajstić information content (AvgIpc) is 2.43. The van der Waals surface area contributed by atoms with Gasteiger partial charge in [-0.25, -0.2) is 0 Å². The summed E-state index contributed by atoms with van der Waals surface area (Å²) in [5, 5.41) is 16.5. The molecule has 2 N–H and O–H groups in total. The minimum atomic E-state index is -0.602. The summed E-state index contributed by atoms with van der Waals surface area (Å²) in [7, 11) is 1.60. The topological polar surface area (TPSA) is 93.5 Å². The third kappa shape index (κ3) is 5.49. The highest BCUT2D eigenvalue weighted by Gasteiger charge is 2.23. The molecule has 0 radical (unpaired) electrons. The maximum Gasteiger partial charge on any atom is 0.269 e. The van der Waals surface area contributed by atoms with Crippen LogP contribution in [0.2, 0.25) is 0 Å². The molecular formula is C14H21N3O4. The molecule has 7 nitrogen and oxygen atoms in total. The average molecular weight is 295 g/mol. The number of nitrogens with zero attached hydrogens (tertiary/aromatic N) is 1. The molecule has 0 bridgehead atoms. The van der Waals surface area contributed by atoms with Gasteiger partial charge in [0.25, 0.3) is 5.69 Å². The monoisotopic (exact) mass is 295 g/mol. The van der Waals surface area contributed by atoms with Gasteiger partial charge < -0.3 is 15.4 Å². The highest BCUT2D eigenvalue weighted by molar-refractivity contribution is 5.79. The van der Waals surface area contributed by atoms with Crippen LogP contribution in [0.3, 0.4) is 0 Å². The molecule has 0 saturated heterocycles. The SMILES string of the molecule is COCCNCC(=O)NC(C)(C)c1ccc([N+](=O)[O-])cc1. The number of hydrogen-bond donors (Lipinski definition) is 2. The summed E-state index contributed by atoms with van der Waals surface area (Å²) in [6, 6.07) is 6.16. The van der Waals surface area contributed by atoms with E-state index in [0.717, 1.165) is 5.56 Å². The van der Waals surface area contributed by atoms with Gasteiger partial charge in [-0.1, -0.05) is 0 Å². The molecule has 0 spiro atoms. The number of carbonyl (C=O) groups is 1. The zero-order valence-corrected chi connectivity index (χ0v) is 12.5. The first-order valence-corrected chi connectivity index (χ1v) is 6.62. The third-order valence-electron chi connectivity index (χ3n) is 3.02. The summed E-state index contributed by atoms with van der Waals surface area (Å²) in [6.07, 6.45) is 0. The van der Waals surface area contributed by atoms with Crippen LogP contribution in [0.5, 0.6) is 0 Å². The Bertz CT molecular complexity index is 485. The van der Waals surface area contributed by atoms with E-state index in [-0.39, 0.29) is 18.1 Å². The quantitative estimate of drug-likeness (QED) is 0.427. The third-order valence-corrected chi connectivity index (χ3v) is 3.02. The van der Waals surface area contributed by atoms with Gasteiger partial charge in [-0.15, -0.1) is 0 Å². The predicted octanol–water partition coefficient (Wildman–Crippen LogP) is 1.18. The van der Waals surface area contributed by atoms with Crippen LogP contribution in [0.15, 0.2) is 24.3 Å². The lowest BCUT2D eigenvalue weighted by Gasteiger charge is -2.27. The Morgan fingerprint density at radius 3 is 2.48 bits per heavy atom. The summed E-state index contributed by atoms with van der Waals surface area (Å²) >= 11 is 0. The van der Waals surface area contributed by atoms with E-state index in [0.29, 0.717) is 13.2 Å². The lowest BCUT2D eigenvalue weighted by molar-refractivity contribution is -0.384. The van der Waals surface area contributed by atoms with Crippen LogP contribution < -0.4 is 10.6 Å². The van der Waals surface area contributed by atoms with Crippen LogP contribution in [-0.4, -0.2) is 37.6 Å². The van der Waals surface area contributed by atoms with Crippen molar-refractivity contribution in [2.75, 3.05) is 26.8 Å². The van der Waals surface area contributed by atoms with E-state index in [2.05, 4.69) is 10.6 Å². The van der Waals surface area contributed by atoms with Crippen molar-refractivity contribution in [3.63, 3.8) is 0 Å². The molecule has 7 heteroatoms. The second kappa shape index (κ2) is 7.70. The van der Waals surface area contributed by atoms with E-state index >= 15 is 0 Å². The van der Waals surface area contributed by atoms with Crippen LogP contribution in [0, 0.1) is 10.1 Å².